The van der Waals surface area contributed by atoms with Crippen LogP contribution in [0.1, 0.15) is 59.3 Å². The molecule has 0 aliphatic rings. The number of hydrogen-bond donors (Lipinski definition) is 2. The lowest BCUT2D eigenvalue weighted by Crippen LogP contribution is -2.42. The Morgan fingerprint density at radius 2 is 1.90 bits per heavy atom. The summed E-state index contributed by atoms with van der Waals surface area (Å²) in [6.07, 6.45) is 7.49. The summed E-state index contributed by atoms with van der Waals surface area (Å²) in [5.74, 6) is 0.902. The van der Waals surface area contributed by atoms with Gasteiger partial charge in [0.25, 0.3) is 0 Å². The average molecular weight is 399 g/mol. The number of guanidine groups is 1. The van der Waals surface area contributed by atoms with E-state index in [1.165, 1.54) is 32.1 Å². The molecule has 4 nitrogen and oxygen atoms in total. The van der Waals surface area contributed by atoms with Crippen molar-refractivity contribution in [1.29, 1.82) is 0 Å². The highest BCUT2D eigenvalue weighted by Gasteiger charge is 2.04. The molecule has 0 saturated carbocycles. The van der Waals surface area contributed by atoms with Crippen LogP contribution in [0.5, 0.6) is 0 Å². The maximum atomic E-state index is 5.31. The summed E-state index contributed by atoms with van der Waals surface area (Å²) < 4.78 is 5.31. The first-order chi connectivity index (χ1) is 9.24. The SMILES string of the molecule is CCCCCCC(C)NC(=NC)NCCCOCC.I. The smallest absolute Gasteiger partial charge is 0.191 e. The van der Waals surface area contributed by atoms with Gasteiger partial charge in [-0.1, -0.05) is 32.6 Å². The van der Waals surface area contributed by atoms with Crippen LogP contribution in [0.25, 0.3) is 0 Å². The van der Waals surface area contributed by atoms with Crippen molar-refractivity contribution in [1.82, 2.24) is 10.6 Å². The van der Waals surface area contributed by atoms with Crippen molar-refractivity contribution >= 4 is 29.9 Å². The number of unbranched alkanes of at least 4 members (excludes halogenated alkanes) is 3. The lowest BCUT2D eigenvalue weighted by atomic mass is 10.1. The van der Waals surface area contributed by atoms with Gasteiger partial charge in [-0.3, -0.25) is 4.99 Å². The molecule has 0 spiro atoms. The van der Waals surface area contributed by atoms with Crippen LogP contribution in [-0.4, -0.2) is 38.8 Å². The lowest BCUT2D eigenvalue weighted by molar-refractivity contribution is 0.145. The summed E-state index contributed by atoms with van der Waals surface area (Å²) in [5, 5.41) is 6.75. The molecule has 0 aromatic heterocycles. The molecule has 0 heterocycles. The number of ether oxygens (including phenoxy) is 1. The highest BCUT2D eigenvalue weighted by molar-refractivity contribution is 14.0. The topological polar surface area (TPSA) is 45.7 Å². The fourth-order valence-electron chi connectivity index (χ4n) is 1.90. The quantitative estimate of drug-likeness (QED) is 0.242. The Hall–Kier alpha value is -0.0400. The highest BCUT2D eigenvalue weighted by atomic mass is 127. The van der Waals surface area contributed by atoms with Crippen LogP contribution in [0.3, 0.4) is 0 Å². The van der Waals surface area contributed by atoms with Crippen LogP contribution < -0.4 is 10.6 Å². The fraction of sp³-hybridized carbons (Fsp3) is 0.933. The van der Waals surface area contributed by atoms with Crippen LogP contribution in [0.2, 0.25) is 0 Å². The van der Waals surface area contributed by atoms with Gasteiger partial charge in [-0.2, -0.15) is 0 Å². The Balaban J connectivity index is 0. The molecular weight excluding hydrogens is 365 g/mol. The third kappa shape index (κ3) is 14.4. The first-order valence-electron chi connectivity index (χ1n) is 7.79. The van der Waals surface area contributed by atoms with Crippen molar-refractivity contribution in [3.05, 3.63) is 0 Å². The van der Waals surface area contributed by atoms with Crippen LogP contribution in [-0.2, 0) is 4.74 Å². The van der Waals surface area contributed by atoms with Crippen molar-refractivity contribution in [2.24, 2.45) is 4.99 Å². The van der Waals surface area contributed by atoms with Gasteiger partial charge in [-0.15, -0.1) is 24.0 Å². The van der Waals surface area contributed by atoms with E-state index < -0.39 is 0 Å². The molecule has 122 valence electrons. The summed E-state index contributed by atoms with van der Waals surface area (Å²) in [4.78, 5) is 4.24. The molecule has 0 radical (unpaired) electrons. The molecule has 0 aromatic carbocycles. The van der Waals surface area contributed by atoms with E-state index in [9.17, 15) is 0 Å². The molecule has 0 bridgehead atoms. The van der Waals surface area contributed by atoms with Crippen molar-refractivity contribution in [3.63, 3.8) is 0 Å². The largest absolute Gasteiger partial charge is 0.382 e. The lowest BCUT2D eigenvalue weighted by Gasteiger charge is -2.17. The molecule has 0 rings (SSSR count). The summed E-state index contributed by atoms with van der Waals surface area (Å²) in [6, 6.07) is 0.481. The number of nitrogens with zero attached hydrogens (tertiary/aromatic N) is 1. The molecular formula is C15H34IN3O. The predicted molar refractivity (Wildman–Crippen MR) is 99.2 cm³/mol. The molecule has 5 heteroatoms. The molecule has 20 heavy (non-hydrogen) atoms. The second-order valence-corrected chi connectivity index (χ2v) is 4.94. The van der Waals surface area contributed by atoms with E-state index in [-0.39, 0.29) is 24.0 Å². The van der Waals surface area contributed by atoms with Gasteiger partial charge in [-0.05, 0) is 26.7 Å². The van der Waals surface area contributed by atoms with E-state index in [0.717, 1.165) is 32.1 Å². The maximum Gasteiger partial charge on any atom is 0.191 e. The van der Waals surface area contributed by atoms with Gasteiger partial charge in [0.05, 0.1) is 0 Å². The number of rotatable bonds is 11. The standard InChI is InChI=1S/C15H33N3O.HI/c1-5-7-8-9-11-14(3)18-15(16-4)17-12-10-13-19-6-2;/h14H,5-13H2,1-4H3,(H2,16,17,18);1H. The minimum Gasteiger partial charge on any atom is -0.382 e. The fourth-order valence-corrected chi connectivity index (χ4v) is 1.90. The van der Waals surface area contributed by atoms with Gasteiger partial charge in [0.1, 0.15) is 0 Å². The molecule has 2 N–H and O–H groups in total. The van der Waals surface area contributed by atoms with E-state index >= 15 is 0 Å². The Morgan fingerprint density at radius 1 is 1.15 bits per heavy atom. The second kappa shape index (κ2) is 17.0. The summed E-state index contributed by atoms with van der Waals surface area (Å²) >= 11 is 0. The molecule has 1 atom stereocenters. The Kier molecular flexibility index (Phi) is 18.9. The molecule has 0 amide bonds. The summed E-state index contributed by atoms with van der Waals surface area (Å²) in [7, 11) is 1.82. The molecule has 0 aliphatic heterocycles. The third-order valence-electron chi connectivity index (χ3n) is 3.06. The Labute approximate surface area is 142 Å². The minimum absolute atomic E-state index is 0. The predicted octanol–water partition coefficient (Wildman–Crippen LogP) is 3.55. The van der Waals surface area contributed by atoms with E-state index in [1.807, 2.05) is 14.0 Å². The van der Waals surface area contributed by atoms with E-state index in [1.54, 1.807) is 0 Å². The highest BCUT2D eigenvalue weighted by Crippen LogP contribution is 2.04. The van der Waals surface area contributed by atoms with Crippen molar-refractivity contribution < 1.29 is 4.74 Å². The summed E-state index contributed by atoms with van der Waals surface area (Å²) in [6.45, 7) is 9.00. The maximum absolute atomic E-state index is 5.31. The van der Waals surface area contributed by atoms with Gasteiger partial charge in [-0.25, -0.2) is 0 Å². The number of hydrogen-bond acceptors (Lipinski definition) is 2. The zero-order chi connectivity index (χ0) is 14.3. The third-order valence-corrected chi connectivity index (χ3v) is 3.06. The first kappa shape index (κ1) is 22.2. The van der Waals surface area contributed by atoms with Crippen molar-refractivity contribution in [2.75, 3.05) is 26.8 Å². The Morgan fingerprint density at radius 3 is 2.50 bits per heavy atom. The molecule has 0 aliphatic carbocycles. The zero-order valence-electron chi connectivity index (χ0n) is 13.7. The minimum atomic E-state index is 0. The van der Waals surface area contributed by atoms with Crippen LogP contribution >= 0.6 is 24.0 Å². The van der Waals surface area contributed by atoms with E-state index in [4.69, 9.17) is 4.74 Å². The van der Waals surface area contributed by atoms with Gasteiger partial charge >= 0.3 is 0 Å². The normalized spacial score (nSPS) is 12.7. The monoisotopic (exact) mass is 399 g/mol. The van der Waals surface area contributed by atoms with E-state index in [0.29, 0.717) is 6.04 Å². The van der Waals surface area contributed by atoms with Crippen molar-refractivity contribution in [2.45, 2.75) is 65.3 Å². The average Bonchev–Trinajstić information content (AvgIpc) is 2.42. The van der Waals surface area contributed by atoms with E-state index in [2.05, 4.69) is 29.5 Å². The van der Waals surface area contributed by atoms with Crippen LogP contribution in [0.4, 0.5) is 0 Å². The summed E-state index contributed by atoms with van der Waals surface area (Å²) in [5.41, 5.74) is 0. The Bertz CT molecular complexity index is 225. The number of nitrogens with one attached hydrogen (secondary N) is 2. The van der Waals surface area contributed by atoms with Gasteiger partial charge < -0.3 is 15.4 Å². The van der Waals surface area contributed by atoms with Crippen molar-refractivity contribution in [3.8, 4) is 0 Å². The molecule has 1 unspecified atom stereocenters. The van der Waals surface area contributed by atoms with Crippen LogP contribution in [0.15, 0.2) is 4.99 Å². The van der Waals surface area contributed by atoms with Gasteiger partial charge in [0.15, 0.2) is 5.96 Å². The molecule has 0 saturated heterocycles. The number of aliphatic imine (C=N–C) groups is 1. The zero-order valence-corrected chi connectivity index (χ0v) is 16.0. The number of halogens is 1. The molecule has 0 fully saturated rings. The van der Waals surface area contributed by atoms with Gasteiger partial charge in [0, 0.05) is 32.8 Å². The second-order valence-electron chi connectivity index (χ2n) is 4.94. The first-order valence-corrected chi connectivity index (χ1v) is 7.79. The van der Waals surface area contributed by atoms with Gasteiger partial charge in [0.2, 0.25) is 0 Å². The molecule has 0 aromatic rings. The van der Waals surface area contributed by atoms with Crippen LogP contribution in [0, 0.1) is 0 Å².